The van der Waals surface area contributed by atoms with Crippen LogP contribution in [0.2, 0.25) is 0 Å². The minimum atomic E-state index is 0.0475. The van der Waals surface area contributed by atoms with Crippen molar-refractivity contribution >= 4 is 11.6 Å². The maximum atomic E-state index is 12.0. The van der Waals surface area contributed by atoms with E-state index in [2.05, 4.69) is 22.3 Å². The number of nitrogen functional groups attached to an aromatic ring is 1. The first-order valence-electron chi connectivity index (χ1n) is 7.87. The summed E-state index contributed by atoms with van der Waals surface area (Å²) in [6, 6.07) is 16.0. The number of para-hydroxylation sites is 1. The molecule has 0 aromatic heterocycles. The summed E-state index contributed by atoms with van der Waals surface area (Å²) in [5.41, 5.74) is 10.0. The molecule has 1 amide bonds. The van der Waals surface area contributed by atoms with Crippen molar-refractivity contribution in [3.63, 3.8) is 0 Å². The minimum Gasteiger partial charge on any atom is -0.399 e. The molecule has 0 unspecified atom stereocenters. The number of hydrogen-bond acceptors (Lipinski definition) is 3. The quantitative estimate of drug-likeness (QED) is 0.773. The van der Waals surface area contributed by atoms with Crippen molar-refractivity contribution in [2.45, 2.75) is 25.9 Å². The first-order valence-corrected chi connectivity index (χ1v) is 7.87. The van der Waals surface area contributed by atoms with E-state index in [-0.39, 0.29) is 5.91 Å². The van der Waals surface area contributed by atoms with E-state index in [0.29, 0.717) is 19.4 Å². The second kappa shape index (κ2) is 8.34. The lowest BCUT2D eigenvalue weighted by atomic mass is 10.1. The second-order valence-electron chi connectivity index (χ2n) is 6.03. The van der Waals surface area contributed by atoms with Crippen LogP contribution in [0.25, 0.3) is 0 Å². The Balaban J connectivity index is 1.81. The van der Waals surface area contributed by atoms with Crippen molar-refractivity contribution in [3.8, 4) is 0 Å². The highest BCUT2D eigenvalue weighted by molar-refractivity contribution is 5.76. The van der Waals surface area contributed by atoms with E-state index in [1.165, 1.54) is 5.56 Å². The Bertz CT molecular complexity index is 653. The smallest absolute Gasteiger partial charge is 0.220 e. The Labute approximate surface area is 138 Å². The lowest BCUT2D eigenvalue weighted by Gasteiger charge is -2.11. The molecular formula is C19H25N3O. The monoisotopic (exact) mass is 311 g/mol. The molecule has 0 atom stereocenters. The van der Waals surface area contributed by atoms with Gasteiger partial charge in [0, 0.05) is 25.2 Å². The number of benzene rings is 2. The number of nitrogens with one attached hydrogen (secondary N) is 1. The third-order valence-corrected chi connectivity index (χ3v) is 3.66. The first-order chi connectivity index (χ1) is 11.0. The zero-order chi connectivity index (χ0) is 16.7. The van der Waals surface area contributed by atoms with Crippen LogP contribution in [0.5, 0.6) is 0 Å². The Hall–Kier alpha value is -2.33. The third kappa shape index (κ3) is 5.75. The van der Waals surface area contributed by atoms with Crippen LogP contribution in [0.15, 0.2) is 48.5 Å². The second-order valence-corrected chi connectivity index (χ2v) is 6.03. The number of carbonyl (C=O) groups is 1. The van der Waals surface area contributed by atoms with Crippen LogP contribution in [-0.2, 0) is 24.3 Å². The molecule has 0 bridgehead atoms. The van der Waals surface area contributed by atoms with Crippen molar-refractivity contribution in [1.29, 1.82) is 0 Å². The molecule has 2 aromatic rings. The molecule has 2 rings (SSSR count). The van der Waals surface area contributed by atoms with E-state index in [4.69, 9.17) is 5.73 Å². The van der Waals surface area contributed by atoms with Crippen LogP contribution in [0.4, 0.5) is 5.69 Å². The van der Waals surface area contributed by atoms with E-state index in [0.717, 1.165) is 23.4 Å². The average Bonchev–Trinajstić information content (AvgIpc) is 2.52. The molecule has 23 heavy (non-hydrogen) atoms. The standard InChI is InChI=1S/C19H25N3O/c1-22(2)14-16-7-5-6-15(12-16)13-21-19(23)11-10-17-8-3-4-9-18(17)20/h3-9,12H,10-11,13-14,20H2,1-2H3,(H,21,23). The number of anilines is 1. The van der Waals surface area contributed by atoms with Gasteiger partial charge in [0.15, 0.2) is 0 Å². The summed E-state index contributed by atoms with van der Waals surface area (Å²) in [4.78, 5) is 14.1. The van der Waals surface area contributed by atoms with Gasteiger partial charge < -0.3 is 16.0 Å². The normalized spacial score (nSPS) is 10.7. The zero-order valence-electron chi connectivity index (χ0n) is 13.9. The van der Waals surface area contributed by atoms with Crippen LogP contribution < -0.4 is 11.1 Å². The molecule has 3 N–H and O–H groups in total. The molecule has 2 aromatic carbocycles. The molecule has 0 fully saturated rings. The summed E-state index contributed by atoms with van der Waals surface area (Å²) in [7, 11) is 4.09. The fourth-order valence-electron chi connectivity index (χ4n) is 2.50. The van der Waals surface area contributed by atoms with Gasteiger partial charge in [-0.3, -0.25) is 4.79 Å². The van der Waals surface area contributed by atoms with Gasteiger partial charge >= 0.3 is 0 Å². The Morgan fingerprint density at radius 2 is 1.83 bits per heavy atom. The summed E-state index contributed by atoms with van der Waals surface area (Å²) < 4.78 is 0. The summed E-state index contributed by atoms with van der Waals surface area (Å²) in [5.74, 6) is 0.0475. The van der Waals surface area contributed by atoms with E-state index in [1.54, 1.807) is 0 Å². The van der Waals surface area contributed by atoms with Crippen molar-refractivity contribution in [2.24, 2.45) is 0 Å². The van der Waals surface area contributed by atoms with Gasteiger partial charge in [0.05, 0.1) is 0 Å². The van der Waals surface area contributed by atoms with Gasteiger partial charge in [-0.25, -0.2) is 0 Å². The average molecular weight is 311 g/mol. The van der Waals surface area contributed by atoms with Crippen LogP contribution in [0.3, 0.4) is 0 Å². The van der Waals surface area contributed by atoms with E-state index >= 15 is 0 Å². The summed E-state index contributed by atoms with van der Waals surface area (Å²) >= 11 is 0. The maximum Gasteiger partial charge on any atom is 0.220 e. The molecule has 0 aliphatic heterocycles. The molecule has 4 nitrogen and oxygen atoms in total. The van der Waals surface area contributed by atoms with Crippen molar-refractivity contribution in [1.82, 2.24) is 10.2 Å². The molecule has 0 saturated carbocycles. The summed E-state index contributed by atoms with van der Waals surface area (Å²) in [5, 5.41) is 2.98. The van der Waals surface area contributed by atoms with Crippen LogP contribution >= 0.6 is 0 Å². The Morgan fingerprint density at radius 3 is 2.57 bits per heavy atom. The molecule has 0 saturated heterocycles. The number of rotatable bonds is 7. The SMILES string of the molecule is CN(C)Cc1cccc(CNC(=O)CCc2ccccc2N)c1. The molecule has 0 heterocycles. The zero-order valence-corrected chi connectivity index (χ0v) is 13.9. The predicted octanol–water partition coefficient (Wildman–Crippen LogP) is 2.58. The largest absolute Gasteiger partial charge is 0.399 e. The van der Waals surface area contributed by atoms with E-state index in [9.17, 15) is 4.79 Å². The molecule has 0 aliphatic carbocycles. The van der Waals surface area contributed by atoms with Crippen molar-refractivity contribution in [3.05, 3.63) is 65.2 Å². The fraction of sp³-hybridized carbons (Fsp3) is 0.316. The highest BCUT2D eigenvalue weighted by atomic mass is 16.1. The third-order valence-electron chi connectivity index (χ3n) is 3.66. The molecule has 0 radical (unpaired) electrons. The Morgan fingerprint density at radius 1 is 1.09 bits per heavy atom. The Kier molecular flexibility index (Phi) is 6.18. The van der Waals surface area contributed by atoms with Gasteiger partial charge in [-0.2, -0.15) is 0 Å². The van der Waals surface area contributed by atoms with Gasteiger partial charge in [-0.05, 0) is 43.3 Å². The lowest BCUT2D eigenvalue weighted by Crippen LogP contribution is -2.23. The molecule has 0 aliphatic rings. The van der Waals surface area contributed by atoms with Gasteiger partial charge in [0.1, 0.15) is 0 Å². The number of nitrogens with two attached hydrogens (primary N) is 1. The predicted molar refractivity (Wildman–Crippen MR) is 94.9 cm³/mol. The number of amides is 1. The summed E-state index contributed by atoms with van der Waals surface area (Å²) in [6.07, 6.45) is 1.12. The molecule has 4 heteroatoms. The highest BCUT2D eigenvalue weighted by Crippen LogP contribution is 2.12. The van der Waals surface area contributed by atoms with Gasteiger partial charge in [0.25, 0.3) is 0 Å². The van der Waals surface area contributed by atoms with E-state index < -0.39 is 0 Å². The van der Waals surface area contributed by atoms with Crippen molar-refractivity contribution in [2.75, 3.05) is 19.8 Å². The maximum absolute atomic E-state index is 12.0. The number of nitrogens with zero attached hydrogens (tertiary/aromatic N) is 1. The van der Waals surface area contributed by atoms with Crippen LogP contribution in [0, 0.1) is 0 Å². The molecule has 122 valence electrons. The molecular weight excluding hydrogens is 286 g/mol. The van der Waals surface area contributed by atoms with Crippen molar-refractivity contribution < 1.29 is 4.79 Å². The number of carbonyl (C=O) groups excluding carboxylic acids is 1. The highest BCUT2D eigenvalue weighted by Gasteiger charge is 2.05. The topological polar surface area (TPSA) is 58.4 Å². The van der Waals surface area contributed by atoms with Crippen LogP contribution in [-0.4, -0.2) is 24.9 Å². The van der Waals surface area contributed by atoms with Gasteiger partial charge in [-0.15, -0.1) is 0 Å². The number of aryl methyl sites for hydroxylation is 1. The van der Waals surface area contributed by atoms with Crippen LogP contribution in [0.1, 0.15) is 23.1 Å². The number of hydrogen-bond donors (Lipinski definition) is 2. The van der Waals surface area contributed by atoms with E-state index in [1.807, 2.05) is 50.5 Å². The lowest BCUT2D eigenvalue weighted by molar-refractivity contribution is -0.121. The minimum absolute atomic E-state index is 0.0475. The fourth-order valence-corrected chi connectivity index (χ4v) is 2.50. The van der Waals surface area contributed by atoms with Gasteiger partial charge in [-0.1, -0.05) is 42.5 Å². The first kappa shape index (κ1) is 17.0. The summed E-state index contributed by atoms with van der Waals surface area (Å²) in [6.45, 7) is 1.46. The van der Waals surface area contributed by atoms with Gasteiger partial charge in [0.2, 0.25) is 5.91 Å². The molecule has 0 spiro atoms.